The van der Waals surface area contributed by atoms with Gasteiger partial charge in [0, 0.05) is 19.2 Å². The highest BCUT2D eigenvalue weighted by Crippen LogP contribution is 2.35. The maximum Gasteiger partial charge on any atom is 0.0468 e. The van der Waals surface area contributed by atoms with E-state index < -0.39 is 0 Å². The second-order valence-electron chi connectivity index (χ2n) is 5.54. The van der Waals surface area contributed by atoms with E-state index in [9.17, 15) is 0 Å². The van der Waals surface area contributed by atoms with Gasteiger partial charge in [-0.2, -0.15) is 0 Å². The van der Waals surface area contributed by atoms with Crippen molar-refractivity contribution in [2.24, 2.45) is 11.8 Å². The van der Waals surface area contributed by atoms with Gasteiger partial charge in [-0.3, -0.25) is 4.90 Å². The van der Waals surface area contributed by atoms with Crippen molar-refractivity contribution < 1.29 is 5.11 Å². The molecule has 1 N–H and O–H groups in total. The molecule has 2 atom stereocenters. The summed E-state index contributed by atoms with van der Waals surface area (Å²) in [6.07, 6.45) is 8.58. The highest BCUT2D eigenvalue weighted by Gasteiger charge is 2.33. The molecule has 0 spiro atoms. The standard InChI is InChI=1S/C13H25NO/c1-11(10-15)9-14-8-4-7-13(14)12-5-2-3-6-12/h11-13,15H,2-10H2,1H3. The van der Waals surface area contributed by atoms with Crippen LogP contribution in [0.25, 0.3) is 0 Å². The number of nitrogens with zero attached hydrogens (tertiary/aromatic N) is 1. The smallest absolute Gasteiger partial charge is 0.0468 e. The van der Waals surface area contributed by atoms with Gasteiger partial charge in [-0.25, -0.2) is 0 Å². The Balaban J connectivity index is 1.86. The predicted molar refractivity (Wildman–Crippen MR) is 62.8 cm³/mol. The minimum atomic E-state index is 0.341. The van der Waals surface area contributed by atoms with Crippen LogP contribution in [-0.2, 0) is 0 Å². The van der Waals surface area contributed by atoms with Crippen molar-refractivity contribution >= 4 is 0 Å². The Bertz CT molecular complexity index is 189. The Hall–Kier alpha value is -0.0800. The first-order valence-electron chi connectivity index (χ1n) is 6.66. The van der Waals surface area contributed by atoms with E-state index in [0.29, 0.717) is 12.5 Å². The van der Waals surface area contributed by atoms with Crippen LogP contribution >= 0.6 is 0 Å². The Morgan fingerprint density at radius 2 is 1.93 bits per heavy atom. The molecule has 2 heteroatoms. The molecule has 2 unspecified atom stereocenters. The van der Waals surface area contributed by atoms with Crippen molar-refractivity contribution in [3.8, 4) is 0 Å². The van der Waals surface area contributed by atoms with Crippen LogP contribution in [-0.4, -0.2) is 35.7 Å². The lowest BCUT2D eigenvalue weighted by molar-refractivity contribution is 0.137. The maximum absolute atomic E-state index is 9.12. The van der Waals surface area contributed by atoms with Gasteiger partial charge in [-0.1, -0.05) is 19.8 Å². The van der Waals surface area contributed by atoms with Crippen LogP contribution in [0.4, 0.5) is 0 Å². The molecule has 0 radical (unpaired) electrons. The number of aliphatic hydroxyl groups excluding tert-OH is 1. The lowest BCUT2D eigenvalue weighted by Crippen LogP contribution is -2.38. The van der Waals surface area contributed by atoms with Gasteiger partial charge in [0.1, 0.15) is 0 Å². The molecule has 0 amide bonds. The molecule has 88 valence electrons. The first-order valence-corrected chi connectivity index (χ1v) is 6.66. The molecule has 1 saturated carbocycles. The molecule has 0 aromatic rings. The van der Waals surface area contributed by atoms with Crippen LogP contribution in [0.2, 0.25) is 0 Å². The highest BCUT2D eigenvalue weighted by molar-refractivity contribution is 4.87. The molecule has 0 bridgehead atoms. The van der Waals surface area contributed by atoms with Crippen LogP contribution in [0, 0.1) is 11.8 Å². The van der Waals surface area contributed by atoms with Gasteiger partial charge in [-0.15, -0.1) is 0 Å². The van der Waals surface area contributed by atoms with E-state index in [1.807, 2.05) is 0 Å². The van der Waals surface area contributed by atoms with Crippen LogP contribution in [0.5, 0.6) is 0 Å². The number of likely N-dealkylation sites (tertiary alicyclic amines) is 1. The molecule has 2 aliphatic rings. The summed E-state index contributed by atoms with van der Waals surface area (Å²) >= 11 is 0. The third-order valence-electron chi connectivity index (χ3n) is 4.22. The summed E-state index contributed by atoms with van der Waals surface area (Å²) in [6.45, 7) is 4.88. The second-order valence-corrected chi connectivity index (χ2v) is 5.54. The molecular formula is C13H25NO. The van der Waals surface area contributed by atoms with Gasteiger partial charge in [0.25, 0.3) is 0 Å². The number of hydrogen-bond donors (Lipinski definition) is 1. The lowest BCUT2D eigenvalue weighted by atomic mass is 9.95. The minimum absolute atomic E-state index is 0.341. The lowest BCUT2D eigenvalue weighted by Gasteiger charge is -2.31. The zero-order chi connectivity index (χ0) is 10.7. The minimum Gasteiger partial charge on any atom is -0.396 e. The molecule has 2 fully saturated rings. The third kappa shape index (κ3) is 2.73. The average molecular weight is 211 g/mol. The summed E-state index contributed by atoms with van der Waals surface area (Å²) in [5, 5.41) is 9.12. The van der Waals surface area contributed by atoms with Crippen LogP contribution in [0.3, 0.4) is 0 Å². The van der Waals surface area contributed by atoms with Gasteiger partial charge in [-0.05, 0) is 44.1 Å². The molecule has 2 rings (SSSR count). The largest absolute Gasteiger partial charge is 0.396 e. The number of hydrogen-bond acceptors (Lipinski definition) is 2. The van der Waals surface area contributed by atoms with Gasteiger partial charge in [0.05, 0.1) is 0 Å². The van der Waals surface area contributed by atoms with Crippen molar-refractivity contribution in [2.75, 3.05) is 19.7 Å². The molecule has 2 nitrogen and oxygen atoms in total. The van der Waals surface area contributed by atoms with Gasteiger partial charge in [0.2, 0.25) is 0 Å². The monoisotopic (exact) mass is 211 g/mol. The van der Waals surface area contributed by atoms with Crippen LogP contribution in [0.15, 0.2) is 0 Å². The van der Waals surface area contributed by atoms with Crippen molar-refractivity contribution in [3.63, 3.8) is 0 Å². The highest BCUT2D eigenvalue weighted by atomic mass is 16.3. The summed E-state index contributed by atoms with van der Waals surface area (Å²) in [5.74, 6) is 1.42. The van der Waals surface area contributed by atoms with E-state index >= 15 is 0 Å². The Morgan fingerprint density at radius 1 is 1.20 bits per heavy atom. The quantitative estimate of drug-likeness (QED) is 0.771. The van der Waals surface area contributed by atoms with E-state index in [4.69, 9.17) is 5.11 Å². The summed E-state index contributed by atoms with van der Waals surface area (Å²) in [6, 6.07) is 0.849. The second kappa shape index (κ2) is 5.31. The summed E-state index contributed by atoms with van der Waals surface area (Å²) in [7, 11) is 0. The molecule has 0 aromatic heterocycles. The molecule has 15 heavy (non-hydrogen) atoms. The van der Waals surface area contributed by atoms with E-state index in [2.05, 4.69) is 11.8 Å². The fourth-order valence-corrected chi connectivity index (χ4v) is 3.41. The van der Waals surface area contributed by atoms with Crippen LogP contribution < -0.4 is 0 Å². The van der Waals surface area contributed by atoms with Gasteiger partial charge < -0.3 is 5.11 Å². The Labute approximate surface area is 93.7 Å². The van der Waals surface area contributed by atoms with Crippen molar-refractivity contribution in [2.45, 2.75) is 51.5 Å². The molecule has 1 heterocycles. The van der Waals surface area contributed by atoms with Gasteiger partial charge >= 0.3 is 0 Å². The fourth-order valence-electron chi connectivity index (χ4n) is 3.41. The summed E-state index contributed by atoms with van der Waals surface area (Å²) < 4.78 is 0. The SMILES string of the molecule is CC(CO)CN1CCCC1C1CCCC1. The Morgan fingerprint density at radius 3 is 2.60 bits per heavy atom. The van der Waals surface area contributed by atoms with Crippen LogP contribution in [0.1, 0.15) is 45.4 Å². The molecular weight excluding hydrogens is 186 g/mol. The molecule has 1 aliphatic carbocycles. The van der Waals surface area contributed by atoms with E-state index in [0.717, 1.165) is 18.5 Å². The summed E-state index contributed by atoms with van der Waals surface area (Å²) in [5.41, 5.74) is 0. The predicted octanol–water partition coefficient (Wildman–Crippen LogP) is 2.27. The zero-order valence-corrected chi connectivity index (χ0v) is 9.99. The maximum atomic E-state index is 9.12. The normalized spacial score (nSPS) is 31.2. The van der Waals surface area contributed by atoms with E-state index in [1.54, 1.807) is 0 Å². The number of rotatable bonds is 4. The number of aliphatic hydroxyl groups is 1. The molecule has 1 saturated heterocycles. The van der Waals surface area contributed by atoms with E-state index in [-0.39, 0.29) is 0 Å². The van der Waals surface area contributed by atoms with Crippen molar-refractivity contribution in [1.82, 2.24) is 4.90 Å². The average Bonchev–Trinajstić information content (AvgIpc) is 2.86. The first kappa shape index (κ1) is 11.4. The molecule has 0 aromatic carbocycles. The molecule has 1 aliphatic heterocycles. The zero-order valence-electron chi connectivity index (χ0n) is 9.99. The van der Waals surface area contributed by atoms with Crippen molar-refractivity contribution in [1.29, 1.82) is 0 Å². The first-order chi connectivity index (χ1) is 7.31. The topological polar surface area (TPSA) is 23.5 Å². The third-order valence-corrected chi connectivity index (χ3v) is 4.22. The Kier molecular flexibility index (Phi) is 4.04. The van der Waals surface area contributed by atoms with Crippen molar-refractivity contribution in [3.05, 3.63) is 0 Å². The summed E-state index contributed by atoms with van der Waals surface area (Å²) in [4.78, 5) is 2.65. The van der Waals surface area contributed by atoms with E-state index in [1.165, 1.54) is 45.1 Å². The van der Waals surface area contributed by atoms with Gasteiger partial charge in [0.15, 0.2) is 0 Å². The fraction of sp³-hybridized carbons (Fsp3) is 1.00.